The summed E-state index contributed by atoms with van der Waals surface area (Å²) in [5.41, 5.74) is 0.607. The highest BCUT2D eigenvalue weighted by Crippen LogP contribution is 2.22. The standard InChI is InChI=1S/C18H21ClN4O3/c1-18(2,3)26-17(25)22-12-6-7-23(9-12)16(24)11-4-5-13-14(8-11)20-10-21-15(13)19/h4-5,8,10,12H,6-7,9H2,1-3H3,(H,22,25). The number of rotatable bonds is 2. The maximum atomic E-state index is 12.7. The molecule has 7 nitrogen and oxygen atoms in total. The smallest absolute Gasteiger partial charge is 0.407 e. The van der Waals surface area contributed by atoms with E-state index in [1.807, 2.05) is 20.8 Å². The summed E-state index contributed by atoms with van der Waals surface area (Å²) in [5.74, 6) is -0.102. The lowest BCUT2D eigenvalue weighted by Gasteiger charge is -2.22. The molecule has 26 heavy (non-hydrogen) atoms. The minimum absolute atomic E-state index is 0.102. The van der Waals surface area contributed by atoms with Gasteiger partial charge < -0.3 is 15.0 Å². The van der Waals surface area contributed by atoms with Gasteiger partial charge in [-0.05, 0) is 45.4 Å². The molecular formula is C18H21ClN4O3. The van der Waals surface area contributed by atoms with Crippen LogP contribution in [-0.2, 0) is 4.74 Å². The van der Waals surface area contributed by atoms with Gasteiger partial charge in [-0.15, -0.1) is 0 Å². The predicted octanol–water partition coefficient (Wildman–Crippen LogP) is 3.02. The second-order valence-corrected chi connectivity index (χ2v) is 7.64. The Balaban J connectivity index is 1.65. The molecule has 1 aliphatic rings. The first-order valence-corrected chi connectivity index (χ1v) is 8.80. The summed E-state index contributed by atoms with van der Waals surface area (Å²) in [5, 5.41) is 3.88. The van der Waals surface area contributed by atoms with Crippen molar-refractivity contribution >= 4 is 34.5 Å². The maximum absolute atomic E-state index is 12.7. The number of hydrogen-bond acceptors (Lipinski definition) is 5. The second-order valence-electron chi connectivity index (χ2n) is 7.28. The Morgan fingerprint density at radius 1 is 1.31 bits per heavy atom. The number of halogens is 1. The van der Waals surface area contributed by atoms with Gasteiger partial charge in [-0.3, -0.25) is 4.79 Å². The molecule has 1 N–H and O–H groups in total. The molecule has 3 rings (SSSR count). The molecule has 1 fully saturated rings. The first-order valence-electron chi connectivity index (χ1n) is 8.42. The third-order valence-electron chi connectivity index (χ3n) is 4.03. The highest BCUT2D eigenvalue weighted by atomic mass is 35.5. The molecule has 2 aromatic rings. The van der Waals surface area contributed by atoms with Crippen LogP contribution in [0, 0.1) is 0 Å². The Bertz CT molecular complexity index is 850. The second kappa shape index (κ2) is 7.07. The number of nitrogens with zero attached hydrogens (tertiary/aromatic N) is 3. The summed E-state index contributed by atoms with van der Waals surface area (Å²) in [7, 11) is 0. The Morgan fingerprint density at radius 2 is 2.08 bits per heavy atom. The van der Waals surface area contributed by atoms with Crippen LogP contribution in [0.4, 0.5) is 4.79 Å². The number of carbonyl (C=O) groups excluding carboxylic acids is 2. The normalized spacial score (nSPS) is 17.4. The largest absolute Gasteiger partial charge is 0.444 e. The van der Waals surface area contributed by atoms with Gasteiger partial charge in [0.25, 0.3) is 5.91 Å². The average Bonchev–Trinajstić information content (AvgIpc) is 3.00. The number of likely N-dealkylation sites (tertiary alicyclic amines) is 1. The topological polar surface area (TPSA) is 84.4 Å². The summed E-state index contributed by atoms with van der Waals surface area (Å²) < 4.78 is 5.26. The van der Waals surface area contributed by atoms with Gasteiger partial charge in [-0.1, -0.05) is 11.6 Å². The van der Waals surface area contributed by atoms with Crippen molar-refractivity contribution in [3.05, 3.63) is 35.2 Å². The molecule has 1 aromatic carbocycles. The molecule has 8 heteroatoms. The third-order valence-corrected chi connectivity index (χ3v) is 4.33. The van der Waals surface area contributed by atoms with Gasteiger partial charge in [0.1, 0.15) is 17.1 Å². The van der Waals surface area contributed by atoms with Crippen molar-refractivity contribution in [3.63, 3.8) is 0 Å². The number of alkyl carbamates (subject to hydrolysis) is 1. The lowest BCUT2D eigenvalue weighted by atomic mass is 10.1. The summed E-state index contributed by atoms with van der Waals surface area (Å²) in [6.07, 6.45) is 1.59. The van der Waals surface area contributed by atoms with Gasteiger partial charge in [-0.25, -0.2) is 14.8 Å². The number of hydrogen-bond donors (Lipinski definition) is 1. The van der Waals surface area contributed by atoms with Crippen molar-refractivity contribution in [2.45, 2.75) is 38.8 Å². The van der Waals surface area contributed by atoms with Crippen LogP contribution in [0.15, 0.2) is 24.5 Å². The molecule has 0 saturated carbocycles. The van der Waals surface area contributed by atoms with Crippen molar-refractivity contribution in [2.24, 2.45) is 0 Å². The molecule has 1 saturated heterocycles. The molecule has 138 valence electrons. The van der Waals surface area contributed by atoms with Gasteiger partial charge in [0, 0.05) is 24.0 Å². The van der Waals surface area contributed by atoms with E-state index in [2.05, 4.69) is 15.3 Å². The summed E-state index contributed by atoms with van der Waals surface area (Å²) in [6.45, 7) is 6.45. The fourth-order valence-corrected chi connectivity index (χ4v) is 3.08. The van der Waals surface area contributed by atoms with Gasteiger partial charge >= 0.3 is 6.09 Å². The predicted molar refractivity (Wildman–Crippen MR) is 98.2 cm³/mol. The Kier molecular flexibility index (Phi) is 5.00. The molecule has 1 aliphatic heterocycles. The van der Waals surface area contributed by atoms with Crippen molar-refractivity contribution in [2.75, 3.05) is 13.1 Å². The van der Waals surface area contributed by atoms with Crippen molar-refractivity contribution < 1.29 is 14.3 Å². The van der Waals surface area contributed by atoms with Crippen LogP contribution in [0.1, 0.15) is 37.6 Å². The van der Waals surface area contributed by atoms with E-state index in [9.17, 15) is 9.59 Å². The Morgan fingerprint density at radius 3 is 2.81 bits per heavy atom. The zero-order valence-corrected chi connectivity index (χ0v) is 15.7. The average molecular weight is 377 g/mol. The molecule has 1 atom stereocenters. The zero-order valence-electron chi connectivity index (χ0n) is 15.0. The minimum atomic E-state index is -0.549. The minimum Gasteiger partial charge on any atom is -0.444 e. The van der Waals surface area contributed by atoms with Gasteiger partial charge in [0.15, 0.2) is 0 Å². The van der Waals surface area contributed by atoms with Crippen LogP contribution in [0.2, 0.25) is 5.15 Å². The Labute approximate surface area is 156 Å². The Hall–Kier alpha value is -2.41. The fourth-order valence-electron chi connectivity index (χ4n) is 2.88. The highest BCUT2D eigenvalue weighted by molar-refractivity contribution is 6.34. The van der Waals surface area contributed by atoms with E-state index in [0.29, 0.717) is 41.1 Å². The van der Waals surface area contributed by atoms with E-state index < -0.39 is 11.7 Å². The summed E-state index contributed by atoms with van der Waals surface area (Å²) >= 11 is 6.03. The number of ether oxygens (including phenoxy) is 1. The quantitative estimate of drug-likeness (QED) is 0.814. The van der Waals surface area contributed by atoms with Gasteiger partial charge in [0.2, 0.25) is 0 Å². The van der Waals surface area contributed by atoms with Crippen LogP contribution >= 0.6 is 11.6 Å². The van der Waals surface area contributed by atoms with Gasteiger partial charge in [-0.2, -0.15) is 0 Å². The molecule has 2 amide bonds. The molecule has 2 heterocycles. The lowest BCUT2D eigenvalue weighted by Crippen LogP contribution is -2.41. The SMILES string of the molecule is CC(C)(C)OC(=O)NC1CCN(C(=O)c2ccc3c(Cl)ncnc3c2)C1. The number of benzene rings is 1. The molecular weight excluding hydrogens is 356 g/mol. The third kappa shape index (κ3) is 4.22. The molecule has 0 bridgehead atoms. The molecule has 1 unspecified atom stereocenters. The van der Waals surface area contributed by atoms with E-state index >= 15 is 0 Å². The highest BCUT2D eigenvalue weighted by Gasteiger charge is 2.29. The first-order chi connectivity index (χ1) is 12.2. The van der Waals surface area contributed by atoms with E-state index in [1.54, 1.807) is 23.1 Å². The summed E-state index contributed by atoms with van der Waals surface area (Å²) in [6, 6.07) is 5.05. The van der Waals surface area contributed by atoms with E-state index in [0.717, 1.165) is 0 Å². The maximum Gasteiger partial charge on any atom is 0.407 e. The zero-order chi connectivity index (χ0) is 18.9. The lowest BCUT2D eigenvalue weighted by molar-refractivity contribution is 0.0502. The van der Waals surface area contributed by atoms with Crippen LogP contribution in [0.25, 0.3) is 10.9 Å². The molecule has 0 spiro atoms. The molecule has 1 aromatic heterocycles. The van der Waals surface area contributed by atoms with E-state index in [4.69, 9.17) is 16.3 Å². The molecule has 0 radical (unpaired) electrons. The number of aromatic nitrogens is 2. The van der Waals surface area contributed by atoms with E-state index in [1.165, 1.54) is 6.33 Å². The monoisotopic (exact) mass is 376 g/mol. The summed E-state index contributed by atoms with van der Waals surface area (Å²) in [4.78, 5) is 34.4. The number of amides is 2. The van der Waals surface area contributed by atoms with Crippen LogP contribution in [-0.4, -0.2) is 51.6 Å². The van der Waals surface area contributed by atoms with Crippen LogP contribution in [0.5, 0.6) is 0 Å². The van der Waals surface area contributed by atoms with Crippen LogP contribution in [0.3, 0.4) is 0 Å². The van der Waals surface area contributed by atoms with Crippen molar-refractivity contribution in [1.29, 1.82) is 0 Å². The fraction of sp³-hybridized carbons (Fsp3) is 0.444. The number of nitrogens with one attached hydrogen (secondary N) is 1. The van der Waals surface area contributed by atoms with Crippen LogP contribution < -0.4 is 5.32 Å². The van der Waals surface area contributed by atoms with Crippen molar-refractivity contribution in [1.82, 2.24) is 20.2 Å². The number of fused-ring (bicyclic) bond motifs is 1. The first kappa shape index (κ1) is 18.4. The van der Waals surface area contributed by atoms with E-state index in [-0.39, 0.29) is 11.9 Å². The number of carbonyl (C=O) groups is 2. The molecule has 0 aliphatic carbocycles. The van der Waals surface area contributed by atoms with Crippen molar-refractivity contribution in [3.8, 4) is 0 Å². The van der Waals surface area contributed by atoms with Gasteiger partial charge in [0.05, 0.1) is 11.6 Å².